The van der Waals surface area contributed by atoms with Crippen molar-refractivity contribution < 1.29 is 27.2 Å². The van der Waals surface area contributed by atoms with Crippen molar-refractivity contribution in [2.45, 2.75) is 336 Å². The smallest absolute Gasteiger partial charge is 0.194 e. The third-order valence-corrected chi connectivity index (χ3v) is 36.5. The Morgan fingerprint density at radius 1 is 0.287 bits per heavy atom. The van der Waals surface area contributed by atoms with Crippen molar-refractivity contribution >= 4 is 131 Å². The molecule has 6 aromatic heterocycles. The van der Waals surface area contributed by atoms with E-state index in [2.05, 4.69) is 140 Å². The summed E-state index contributed by atoms with van der Waals surface area (Å²) in [6, 6.07) is 46.7. The minimum absolute atomic E-state index is 0.00299. The zero-order valence-corrected chi connectivity index (χ0v) is 85.7. The van der Waals surface area contributed by atoms with Gasteiger partial charge in [0.25, 0.3) is 0 Å². The molecule has 12 aromatic rings. The van der Waals surface area contributed by atoms with E-state index in [1.165, 1.54) is 272 Å². The Hall–Kier alpha value is -9.72. The number of hydrogen-bond acceptors (Lipinski definition) is 12. The second kappa shape index (κ2) is 45.5. The summed E-state index contributed by atoms with van der Waals surface area (Å²) in [7, 11) is 0. The van der Waals surface area contributed by atoms with Gasteiger partial charge in [0.2, 0.25) is 0 Å². The average Bonchev–Trinajstić information content (AvgIpc) is 1.47. The van der Waals surface area contributed by atoms with E-state index in [-0.39, 0.29) is 55.7 Å². The molecule has 6 nitrogen and oxygen atoms in total. The quantitative estimate of drug-likeness (QED) is 0.0162. The monoisotopic (exact) mass is 1920 g/mol. The van der Waals surface area contributed by atoms with E-state index < -0.39 is 45.7 Å². The lowest BCUT2D eigenvalue weighted by Gasteiger charge is -2.35. The molecule has 16 rings (SSSR count). The highest BCUT2D eigenvalue weighted by Gasteiger charge is 2.57. The van der Waals surface area contributed by atoms with Crippen LogP contribution in [0.2, 0.25) is 0 Å². The number of aryl methyl sites for hydroxylation is 8. The fourth-order valence-corrected chi connectivity index (χ4v) is 31.1. The second-order valence-corrected chi connectivity index (χ2v) is 45.3. The number of rotatable bonds is 48. The molecular weight excluding hydrogens is 1800 g/mol. The average molecular weight is 1930 g/mol. The Bertz CT molecular complexity index is 6300. The number of unbranched alkanes of at least 4 members (excludes halogenated alkanes) is 30. The lowest BCUT2D eigenvalue weighted by Crippen LogP contribution is -2.30. The number of carbonyl (C=O) groups is 2. The van der Waals surface area contributed by atoms with Crippen molar-refractivity contribution in [2.75, 3.05) is 0 Å². The summed E-state index contributed by atoms with van der Waals surface area (Å²) in [5.74, 6) is -5.90. The SMILES string of the molecule is CCCCCCCCc1cc(C)cc(C2(c3cc(CCCCCCCC)cc(CCCCCCCC)c3)c3c(sc4cc(/C=C5\C(=O)c6cc(F)c(F)cc6C5=C(C#N)C#N)sc34)-c3sc4c5c(sc4c32)-c2sc3cc(/C=C4\C(=O)c6cc(F)c(F)cc6C4=C(C#N)C#N)sc3c2C5(c2cc(C)cc(CCCCCCCC)c2)c2cc(CCCCCCCC)cc(CCCCCCCC)c2)c1. The Morgan fingerprint density at radius 3 is 0.809 bits per heavy atom. The molecule has 0 fully saturated rings. The van der Waals surface area contributed by atoms with E-state index in [9.17, 15) is 21.0 Å². The summed E-state index contributed by atoms with van der Waals surface area (Å²) < 4.78 is 68.8. The number of ketones is 2. The molecular formula is C120H128F4N4O2S6. The molecule has 136 heavy (non-hydrogen) atoms. The topological polar surface area (TPSA) is 129 Å². The molecule has 2 atom stereocenters. The van der Waals surface area contributed by atoms with Gasteiger partial charge in [-0.2, -0.15) is 21.0 Å². The van der Waals surface area contributed by atoms with Crippen LogP contribution in [0, 0.1) is 82.4 Å². The van der Waals surface area contributed by atoms with Crippen LogP contribution in [0.5, 0.6) is 0 Å². The molecule has 0 aliphatic heterocycles. The van der Waals surface area contributed by atoms with Gasteiger partial charge in [-0.1, -0.05) is 318 Å². The Balaban J connectivity index is 1.03. The molecule has 4 aliphatic carbocycles. The van der Waals surface area contributed by atoms with Crippen LogP contribution >= 0.6 is 68.0 Å². The number of benzene rings is 6. The van der Waals surface area contributed by atoms with Crippen LogP contribution in [-0.2, 0) is 49.4 Å². The number of allylic oxidation sites excluding steroid dienone is 6. The third-order valence-electron chi connectivity index (χ3n) is 28.9. The molecule has 704 valence electrons. The fraction of sp³-hybridized carbons (Fsp3) is 0.433. The summed E-state index contributed by atoms with van der Waals surface area (Å²) in [4.78, 5) is 36.4. The molecule has 0 bridgehead atoms. The normalized spacial score (nSPS) is 15.8. The molecule has 16 heteroatoms. The van der Waals surface area contributed by atoms with Crippen LogP contribution in [0.4, 0.5) is 17.6 Å². The molecule has 4 aliphatic rings. The first-order chi connectivity index (χ1) is 66.3. The number of fused-ring (bicyclic) bond motifs is 15. The van der Waals surface area contributed by atoms with Gasteiger partial charge in [0.15, 0.2) is 34.8 Å². The zero-order chi connectivity index (χ0) is 95.3. The highest BCUT2D eigenvalue weighted by Crippen LogP contribution is 2.73. The first-order valence-corrected chi connectivity index (χ1v) is 56.1. The lowest BCUT2D eigenvalue weighted by molar-refractivity contribution is 0.103. The maximum absolute atomic E-state index is 15.6. The summed E-state index contributed by atoms with van der Waals surface area (Å²) in [6.45, 7) is 18.3. The summed E-state index contributed by atoms with van der Waals surface area (Å²) in [5.41, 5.74) is 17.4. The Labute approximate surface area is 828 Å². The van der Waals surface area contributed by atoms with Crippen LogP contribution in [0.15, 0.2) is 131 Å². The van der Waals surface area contributed by atoms with Gasteiger partial charge in [-0.05, 0) is 206 Å². The highest BCUT2D eigenvalue weighted by atomic mass is 32.1. The van der Waals surface area contributed by atoms with Crippen LogP contribution in [0.3, 0.4) is 0 Å². The molecule has 0 spiro atoms. The van der Waals surface area contributed by atoms with E-state index in [0.717, 1.165) is 159 Å². The van der Waals surface area contributed by atoms with E-state index in [4.69, 9.17) is 0 Å². The van der Waals surface area contributed by atoms with Gasteiger partial charge in [0.1, 0.15) is 35.4 Å². The van der Waals surface area contributed by atoms with Gasteiger partial charge in [-0.15, -0.1) is 68.0 Å². The molecule has 0 radical (unpaired) electrons. The van der Waals surface area contributed by atoms with Gasteiger partial charge in [-0.25, -0.2) is 17.6 Å². The van der Waals surface area contributed by atoms with Crippen molar-refractivity contribution in [3.8, 4) is 43.8 Å². The van der Waals surface area contributed by atoms with Crippen LogP contribution in [-0.4, -0.2) is 11.6 Å². The number of hydrogen-bond donors (Lipinski definition) is 0. The van der Waals surface area contributed by atoms with Gasteiger partial charge < -0.3 is 0 Å². The molecule has 6 heterocycles. The van der Waals surface area contributed by atoms with E-state index in [1.807, 2.05) is 47.0 Å². The van der Waals surface area contributed by atoms with Crippen molar-refractivity contribution in [2.24, 2.45) is 0 Å². The molecule has 0 saturated heterocycles. The first-order valence-electron chi connectivity index (χ1n) is 51.2. The first kappa shape index (κ1) is 99.3. The molecule has 0 N–H and O–H groups in total. The van der Waals surface area contributed by atoms with Gasteiger partial charge in [0.05, 0.1) is 49.1 Å². The summed E-state index contributed by atoms with van der Waals surface area (Å²) in [6.07, 6.45) is 50.9. The standard InChI is InChI=1S/C120H128F4N4O2S6/c1-9-15-21-27-33-39-45-77-51-75(7)53-85(57-77)119(87-59-79(47-41-35-29-23-17-11-3)55-80(60-87)48-42-36-30-24-18-12-4)105-111-101(65-89(131-111)63-95-103(83(71-125)72-126)91-67-97(121)99(123)69-93(91)109(95)129)133-113(105)115-107(119)117-118(135-115)108-116(136-117)114-106(112-102(134-114)66-90(132-112)64-96-104(84(73-127)74-128)92-68-98(122)100(124)70-94(92)110(96)130)120(108,86-54-76(8)52-78(58-86)46-40-34-28-22-16-10-2)88-61-81(49-43-37-31-25-19-13-5)56-82(62-88)50-44-38-32-26-20-14-6/h51-70H,9-50H2,1-8H3/b95-63-,96-64-. The van der Waals surface area contributed by atoms with Crippen LogP contribution in [0.1, 0.15) is 403 Å². The van der Waals surface area contributed by atoms with Crippen molar-refractivity contribution in [1.82, 2.24) is 0 Å². The minimum Gasteiger partial charge on any atom is -0.289 e. The lowest BCUT2D eigenvalue weighted by atomic mass is 9.66. The number of carbonyl (C=O) groups excluding carboxylic acids is 2. The van der Waals surface area contributed by atoms with Crippen LogP contribution in [0.25, 0.3) is 71.0 Å². The maximum atomic E-state index is 15.6. The van der Waals surface area contributed by atoms with Gasteiger partial charge >= 0.3 is 0 Å². The number of nitrogens with zero attached hydrogens (tertiary/aromatic N) is 4. The van der Waals surface area contributed by atoms with Crippen LogP contribution < -0.4 is 0 Å². The van der Waals surface area contributed by atoms with E-state index in [0.29, 0.717) is 9.75 Å². The number of thiophene rings is 6. The molecule has 0 amide bonds. The fourth-order valence-electron chi connectivity index (χ4n) is 22.3. The zero-order valence-electron chi connectivity index (χ0n) is 80.8. The molecule has 0 saturated carbocycles. The van der Waals surface area contributed by atoms with Gasteiger partial charge in [-0.3, -0.25) is 9.59 Å². The Morgan fingerprint density at radius 2 is 0.529 bits per heavy atom. The summed E-state index contributed by atoms with van der Waals surface area (Å²) >= 11 is 10.7. The Kier molecular flexibility index (Phi) is 33.2. The second-order valence-electron chi connectivity index (χ2n) is 39.0. The number of halogens is 4. The maximum Gasteiger partial charge on any atom is 0.194 e. The number of Topliss-reactive ketones (excluding diaryl/α,β-unsaturated/α-hetero) is 2. The predicted molar refractivity (Wildman–Crippen MR) is 566 cm³/mol. The van der Waals surface area contributed by atoms with E-state index >= 15 is 27.2 Å². The van der Waals surface area contributed by atoms with E-state index in [1.54, 1.807) is 57.5 Å². The minimum atomic E-state index is -1.19. The largest absolute Gasteiger partial charge is 0.289 e. The predicted octanol–water partition coefficient (Wildman–Crippen LogP) is 37.0. The van der Waals surface area contributed by atoms with Crippen molar-refractivity contribution in [3.63, 3.8) is 0 Å². The molecule has 2 unspecified atom stereocenters. The molecule has 6 aromatic carbocycles. The van der Waals surface area contributed by atoms with Gasteiger partial charge in [0, 0.05) is 74.8 Å². The summed E-state index contributed by atoms with van der Waals surface area (Å²) in [5, 5.41) is 42.7. The van der Waals surface area contributed by atoms with Crippen molar-refractivity contribution in [1.29, 1.82) is 21.0 Å². The number of nitriles is 4. The highest BCUT2D eigenvalue weighted by molar-refractivity contribution is 7.37. The van der Waals surface area contributed by atoms with Crippen molar-refractivity contribution in [3.05, 3.63) is 276 Å². The third kappa shape index (κ3) is 20.1.